The number of anilines is 1. The van der Waals surface area contributed by atoms with Gasteiger partial charge in [0.05, 0.1) is 16.9 Å². The number of benzene rings is 1. The molecule has 0 aliphatic rings. The minimum atomic E-state index is -0.293. The molecule has 1 aromatic heterocycles. The van der Waals surface area contributed by atoms with E-state index in [2.05, 4.69) is 10.4 Å². The highest BCUT2D eigenvalue weighted by Crippen LogP contribution is 2.22. The number of hydrogen-bond acceptors (Lipinski definition) is 2. The van der Waals surface area contributed by atoms with Crippen LogP contribution in [0.1, 0.15) is 5.56 Å². The van der Waals surface area contributed by atoms with Crippen LogP contribution in [0.3, 0.4) is 0 Å². The maximum atomic E-state index is 13.0. The van der Waals surface area contributed by atoms with Gasteiger partial charge in [0.2, 0.25) is 0 Å². The third-order valence-corrected chi connectivity index (χ3v) is 2.75. The Labute approximate surface area is 104 Å². The molecule has 90 valence electrons. The van der Waals surface area contributed by atoms with Gasteiger partial charge in [-0.05, 0) is 30.2 Å². The smallest absolute Gasteiger partial charge is 0.125 e. The molecule has 0 amide bonds. The van der Waals surface area contributed by atoms with Crippen molar-refractivity contribution in [1.82, 2.24) is 9.78 Å². The summed E-state index contributed by atoms with van der Waals surface area (Å²) in [6, 6.07) is 4.28. The number of halogens is 2. The molecule has 0 unspecified atom stereocenters. The molecule has 0 spiro atoms. The number of hydrogen-bond donors (Lipinski definition) is 1. The van der Waals surface area contributed by atoms with E-state index in [4.69, 9.17) is 11.6 Å². The van der Waals surface area contributed by atoms with Gasteiger partial charge in [0, 0.05) is 19.8 Å². The highest BCUT2D eigenvalue weighted by atomic mass is 35.5. The lowest BCUT2D eigenvalue weighted by atomic mass is 10.2. The van der Waals surface area contributed by atoms with E-state index in [0.29, 0.717) is 17.3 Å². The van der Waals surface area contributed by atoms with Crippen molar-refractivity contribution in [3.8, 4) is 0 Å². The SMILES string of the molecule is Cn1cc(CCNc2cc(F)ccc2Cl)cn1. The second kappa shape index (κ2) is 5.19. The van der Waals surface area contributed by atoms with Crippen LogP contribution in [-0.2, 0) is 13.5 Å². The van der Waals surface area contributed by atoms with E-state index < -0.39 is 0 Å². The molecule has 17 heavy (non-hydrogen) atoms. The van der Waals surface area contributed by atoms with E-state index in [-0.39, 0.29) is 5.82 Å². The molecular formula is C12H13ClFN3. The van der Waals surface area contributed by atoms with Gasteiger partial charge in [0.15, 0.2) is 0 Å². The maximum absolute atomic E-state index is 13.0. The van der Waals surface area contributed by atoms with Crippen molar-refractivity contribution >= 4 is 17.3 Å². The van der Waals surface area contributed by atoms with Crippen LogP contribution in [0.25, 0.3) is 0 Å². The molecule has 0 bridgehead atoms. The fourth-order valence-corrected chi connectivity index (χ4v) is 1.76. The molecule has 2 rings (SSSR count). The van der Waals surface area contributed by atoms with Crippen molar-refractivity contribution in [2.24, 2.45) is 7.05 Å². The van der Waals surface area contributed by atoms with Crippen LogP contribution < -0.4 is 5.32 Å². The van der Waals surface area contributed by atoms with Crippen molar-refractivity contribution < 1.29 is 4.39 Å². The molecule has 0 radical (unpaired) electrons. The van der Waals surface area contributed by atoms with Crippen LogP contribution >= 0.6 is 11.6 Å². The summed E-state index contributed by atoms with van der Waals surface area (Å²) in [4.78, 5) is 0. The molecule has 0 aliphatic heterocycles. The fourth-order valence-electron chi connectivity index (χ4n) is 1.58. The highest BCUT2D eigenvalue weighted by molar-refractivity contribution is 6.33. The van der Waals surface area contributed by atoms with Gasteiger partial charge in [0.1, 0.15) is 5.82 Å². The third-order valence-electron chi connectivity index (χ3n) is 2.42. The van der Waals surface area contributed by atoms with Crippen molar-refractivity contribution in [1.29, 1.82) is 0 Å². The molecule has 0 fully saturated rings. The van der Waals surface area contributed by atoms with E-state index in [1.54, 1.807) is 10.7 Å². The van der Waals surface area contributed by atoms with Crippen LogP contribution in [0.15, 0.2) is 30.6 Å². The van der Waals surface area contributed by atoms with Crippen LogP contribution in [0, 0.1) is 5.82 Å². The second-order valence-corrected chi connectivity index (χ2v) is 4.23. The third kappa shape index (κ3) is 3.20. The van der Waals surface area contributed by atoms with Crippen molar-refractivity contribution in [2.45, 2.75) is 6.42 Å². The summed E-state index contributed by atoms with van der Waals surface area (Å²) >= 11 is 5.94. The molecule has 1 heterocycles. The van der Waals surface area contributed by atoms with Gasteiger partial charge >= 0.3 is 0 Å². The van der Waals surface area contributed by atoms with Gasteiger partial charge in [-0.3, -0.25) is 4.68 Å². The van der Waals surface area contributed by atoms with Gasteiger partial charge in [-0.2, -0.15) is 5.10 Å². The first-order valence-electron chi connectivity index (χ1n) is 5.31. The normalized spacial score (nSPS) is 10.5. The zero-order valence-electron chi connectivity index (χ0n) is 9.45. The van der Waals surface area contributed by atoms with E-state index in [0.717, 1.165) is 12.0 Å². The molecular weight excluding hydrogens is 241 g/mol. The Morgan fingerprint density at radius 1 is 1.47 bits per heavy atom. The monoisotopic (exact) mass is 253 g/mol. The zero-order valence-corrected chi connectivity index (χ0v) is 10.2. The van der Waals surface area contributed by atoms with Crippen molar-refractivity contribution in [3.63, 3.8) is 0 Å². The summed E-state index contributed by atoms with van der Waals surface area (Å²) < 4.78 is 14.7. The van der Waals surface area contributed by atoms with Crippen molar-refractivity contribution in [2.75, 3.05) is 11.9 Å². The highest BCUT2D eigenvalue weighted by Gasteiger charge is 2.02. The zero-order chi connectivity index (χ0) is 12.3. The topological polar surface area (TPSA) is 29.9 Å². The minimum absolute atomic E-state index is 0.293. The van der Waals surface area contributed by atoms with Gasteiger partial charge in [-0.1, -0.05) is 11.6 Å². The summed E-state index contributed by atoms with van der Waals surface area (Å²) in [6.07, 6.45) is 4.59. The van der Waals surface area contributed by atoms with Crippen LogP contribution in [0.2, 0.25) is 5.02 Å². The molecule has 1 aromatic carbocycles. The van der Waals surface area contributed by atoms with E-state index in [9.17, 15) is 4.39 Å². The van der Waals surface area contributed by atoms with Crippen LogP contribution in [0.4, 0.5) is 10.1 Å². The van der Waals surface area contributed by atoms with Gasteiger partial charge in [-0.25, -0.2) is 4.39 Å². The summed E-state index contributed by atoms with van der Waals surface area (Å²) in [5.74, 6) is -0.293. The largest absolute Gasteiger partial charge is 0.383 e. The molecule has 5 heteroatoms. The van der Waals surface area contributed by atoms with E-state index >= 15 is 0 Å². The Balaban J connectivity index is 1.91. The number of aryl methyl sites for hydroxylation is 1. The molecule has 3 nitrogen and oxygen atoms in total. The second-order valence-electron chi connectivity index (χ2n) is 3.82. The van der Waals surface area contributed by atoms with Gasteiger partial charge < -0.3 is 5.32 Å². The van der Waals surface area contributed by atoms with E-state index in [1.165, 1.54) is 12.1 Å². The average Bonchev–Trinajstić information content (AvgIpc) is 2.69. The predicted molar refractivity (Wildman–Crippen MR) is 66.8 cm³/mol. The van der Waals surface area contributed by atoms with Crippen molar-refractivity contribution in [3.05, 3.63) is 47.0 Å². The maximum Gasteiger partial charge on any atom is 0.125 e. The van der Waals surface area contributed by atoms with Gasteiger partial charge in [-0.15, -0.1) is 0 Å². The van der Waals surface area contributed by atoms with Crippen LogP contribution in [-0.4, -0.2) is 16.3 Å². The lowest BCUT2D eigenvalue weighted by molar-refractivity contribution is 0.628. The standard InChI is InChI=1S/C12H13ClFN3/c1-17-8-9(7-16-17)4-5-15-12-6-10(14)2-3-11(12)13/h2-3,6-8,15H,4-5H2,1H3. The fraction of sp³-hybridized carbons (Fsp3) is 0.250. The number of rotatable bonds is 4. The quantitative estimate of drug-likeness (QED) is 0.908. The first-order valence-corrected chi connectivity index (χ1v) is 5.69. The number of nitrogens with one attached hydrogen (secondary N) is 1. The lowest BCUT2D eigenvalue weighted by Crippen LogP contribution is -2.05. The molecule has 1 N–H and O–H groups in total. The molecule has 0 atom stereocenters. The summed E-state index contributed by atoms with van der Waals surface area (Å²) in [7, 11) is 1.88. The van der Waals surface area contributed by atoms with E-state index in [1.807, 2.05) is 19.4 Å². The summed E-state index contributed by atoms with van der Waals surface area (Å²) in [5, 5.41) is 7.70. The van der Waals surface area contributed by atoms with Gasteiger partial charge in [0.25, 0.3) is 0 Å². The average molecular weight is 254 g/mol. The lowest BCUT2D eigenvalue weighted by Gasteiger charge is -2.07. The Kier molecular flexibility index (Phi) is 3.64. The number of aromatic nitrogens is 2. The Morgan fingerprint density at radius 3 is 3.00 bits per heavy atom. The summed E-state index contributed by atoms with van der Waals surface area (Å²) in [6.45, 7) is 0.689. The molecule has 0 aliphatic carbocycles. The molecule has 0 saturated carbocycles. The Morgan fingerprint density at radius 2 is 2.29 bits per heavy atom. The Bertz CT molecular complexity index is 510. The van der Waals surface area contributed by atoms with Crippen LogP contribution in [0.5, 0.6) is 0 Å². The first-order chi connectivity index (χ1) is 8.15. The number of nitrogens with zero attached hydrogens (tertiary/aromatic N) is 2. The minimum Gasteiger partial charge on any atom is -0.383 e. The summed E-state index contributed by atoms with van der Waals surface area (Å²) in [5.41, 5.74) is 1.75. The first kappa shape index (κ1) is 11.9. The molecule has 0 saturated heterocycles. The predicted octanol–water partition coefficient (Wildman–Crippen LogP) is 2.87. The Hall–Kier alpha value is -1.55. The molecule has 2 aromatic rings.